The normalized spacial score (nSPS) is 10.4. The third-order valence-corrected chi connectivity index (χ3v) is 3.46. The maximum absolute atomic E-state index is 8.79. The quantitative estimate of drug-likeness (QED) is 0.810. The fraction of sp³-hybridized carbons (Fsp3) is 0.250. The Morgan fingerprint density at radius 2 is 1.95 bits per heavy atom. The van der Waals surface area contributed by atoms with Crippen molar-refractivity contribution in [3.05, 3.63) is 64.4 Å². The van der Waals surface area contributed by atoms with Crippen molar-refractivity contribution in [3.8, 4) is 6.07 Å². The smallest absolute Gasteiger partial charge is 0.0635 e. The minimum atomic E-state index is 0.536. The second-order valence-electron chi connectivity index (χ2n) is 4.61. The van der Waals surface area contributed by atoms with E-state index < -0.39 is 0 Å². The van der Waals surface area contributed by atoms with Crippen molar-refractivity contribution in [3.63, 3.8) is 0 Å². The van der Waals surface area contributed by atoms with Crippen LogP contribution in [0.1, 0.15) is 17.5 Å². The molecular formula is C16H16BrN3. The third-order valence-electron chi connectivity index (χ3n) is 2.96. The van der Waals surface area contributed by atoms with Crippen LogP contribution in [-0.2, 0) is 13.1 Å². The van der Waals surface area contributed by atoms with Gasteiger partial charge in [-0.2, -0.15) is 5.26 Å². The third kappa shape index (κ3) is 4.76. The second kappa shape index (κ2) is 7.78. The number of pyridine rings is 1. The van der Waals surface area contributed by atoms with Gasteiger partial charge in [-0.05, 0) is 29.3 Å². The van der Waals surface area contributed by atoms with Crippen LogP contribution in [0.4, 0.5) is 0 Å². The first-order chi connectivity index (χ1) is 9.78. The van der Waals surface area contributed by atoms with Crippen LogP contribution in [-0.4, -0.2) is 16.4 Å². The second-order valence-corrected chi connectivity index (χ2v) is 5.53. The van der Waals surface area contributed by atoms with Gasteiger partial charge in [0.15, 0.2) is 0 Å². The van der Waals surface area contributed by atoms with Gasteiger partial charge in [-0.25, -0.2) is 0 Å². The number of rotatable bonds is 6. The average molecular weight is 330 g/mol. The Morgan fingerprint density at radius 1 is 1.15 bits per heavy atom. The van der Waals surface area contributed by atoms with Crippen LogP contribution in [0.25, 0.3) is 0 Å². The summed E-state index contributed by atoms with van der Waals surface area (Å²) in [5.74, 6) is 0. The van der Waals surface area contributed by atoms with Gasteiger partial charge >= 0.3 is 0 Å². The summed E-state index contributed by atoms with van der Waals surface area (Å²) in [6.07, 6.45) is 4.19. The van der Waals surface area contributed by atoms with E-state index in [-0.39, 0.29) is 0 Å². The SMILES string of the molecule is N#CCCN(Cc1cccnc1)Cc1cccc(Br)c1. The van der Waals surface area contributed by atoms with Gasteiger partial charge < -0.3 is 0 Å². The van der Waals surface area contributed by atoms with Gasteiger partial charge in [-0.3, -0.25) is 9.88 Å². The van der Waals surface area contributed by atoms with Crippen LogP contribution in [0.5, 0.6) is 0 Å². The summed E-state index contributed by atoms with van der Waals surface area (Å²) in [7, 11) is 0. The number of benzene rings is 1. The Hall–Kier alpha value is -1.70. The minimum Gasteiger partial charge on any atom is -0.294 e. The van der Waals surface area contributed by atoms with Gasteiger partial charge in [0.05, 0.1) is 6.07 Å². The monoisotopic (exact) mass is 329 g/mol. The molecule has 0 fully saturated rings. The van der Waals surface area contributed by atoms with E-state index in [2.05, 4.69) is 50.1 Å². The maximum atomic E-state index is 8.79. The standard InChI is InChI=1S/C16H16BrN3/c17-16-6-1-4-14(10-16)12-20(9-3-7-18)13-15-5-2-8-19-11-15/h1-2,4-6,8,10-11H,3,9,12-13H2. The molecule has 1 aromatic heterocycles. The summed E-state index contributed by atoms with van der Waals surface area (Å²) < 4.78 is 1.08. The molecule has 3 nitrogen and oxygen atoms in total. The van der Waals surface area contributed by atoms with E-state index in [1.165, 1.54) is 11.1 Å². The van der Waals surface area contributed by atoms with E-state index in [0.29, 0.717) is 6.42 Å². The van der Waals surface area contributed by atoms with Crippen LogP contribution in [0, 0.1) is 11.3 Å². The van der Waals surface area contributed by atoms with Gasteiger partial charge in [-0.1, -0.05) is 34.1 Å². The zero-order valence-electron chi connectivity index (χ0n) is 11.2. The van der Waals surface area contributed by atoms with Gasteiger partial charge in [-0.15, -0.1) is 0 Å². The average Bonchev–Trinajstić information content (AvgIpc) is 2.46. The predicted octanol–water partition coefficient (Wildman–Crippen LogP) is 3.76. The molecule has 20 heavy (non-hydrogen) atoms. The molecule has 0 radical (unpaired) electrons. The summed E-state index contributed by atoms with van der Waals surface area (Å²) in [5, 5.41) is 8.79. The fourth-order valence-electron chi connectivity index (χ4n) is 2.07. The largest absolute Gasteiger partial charge is 0.294 e. The maximum Gasteiger partial charge on any atom is 0.0635 e. The molecule has 1 heterocycles. The molecule has 0 N–H and O–H groups in total. The van der Waals surface area contributed by atoms with Crippen molar-refractivity contribution in [1.82, 2.24) is 9.88 Å². The van der Waals surface area contributed by atoms with E-state index in [0.717, 1.165) is 24.1 Å². The van der Waals surface area contributed by atoms with E-state index in [1.807, 2.05) is 24.4 Å². The number of hydrogen-bond donors (Lipinski definition) is 0. The van der Waals surface area contributed by atoms with Crippen LogP contribution in [0.3, 0.4) is 0 Å². The van der Waals surface area contributed by atoms with Gasteiger partial charge in [0.2, 0.25) is 0 Å². The highest BCUT2D eigenvalue weighted by molar-refractivity contribution is 9.10. The van der Waals surface area contributed by atoms with Crippen molar-refractivity contribution in [2.45, 2.75) is 19.5 Å². The zero-order chi connectivity index (χ0) is 14.2. The number of halogens is 1. The van der Waals surface area contributed by atoms with Crippen LogP contribution >= 0.6 is 15.9 Å². The predicted molar refractivity (Wildman–Crippen MR) is 82.7 cm³/mol. The molecule has 0 aliphatic carbocycles. The van der Waals surface area contributed by atoms with E-state index in [1.54, 1.807) is 6.20 Å². The highest BCUT2D eigenvalue weighted by Crippen LogP contribution is 2.15. The van der Waals surface area contributed by atoms with Crippen LogP contribution in [0.2, 0.25) is 0 Å². The highest BCUT2D eigenvalue weighted by Gasteiger charge is 2.07. The van der Waals surface area contributed by atoms with E-state index in [4.69, 9.17) is 5.26 Å². The molecule has 4 heteroatoms. The Morgan fingerprint density at radius 3 is 2.65 bits per heavy atom. The number of nitrogens with zero attached hydrogens (tertiary/aromatic N) is 3. The van der Waals surface area contributed by atoms with Gasteiger partial charge in [0.25, 0.3) is 0 Å². The molecular weight excluding hydrogens is 314 g/mol. The van der Waals surface area contributed by atoms with Crippen molar-refractivity contribution < 1.29 is 0 Å². The molecule has 0 bridgehead atoms. The zero-order valence-corrected chi connectivity index (χ0v) is 12.8. The molecule has 0 spiro atoms. The van der Waals surface area contributed by atoms with E-state index >= 15 is 0 Å². The van der Waals surface area contributed by atoms with Gasteiger partial charge in [0, 0.05) is 42.9 Å². The Kier molecular flexibility index (Phi) is 5.72. The summed E-state index contributed by atoms with van der Waals surface area (Å²) in [5.41, 5.74) is 2.40. The lowest BCUT2D eigenvalue weighted by Gasteiger charge is -2.21. The number of hydrogen-bond acceptors (Lipinski definition) is 3. The molecule has 1 aromatic carbocycles. The summed E-state index contributed by atoms with van der Waals surface area (Å²) >= 11 is 3.49. The fourth-order valence-corrected chi connectivity index (χ4v) is 2.51. The molecule has 0 unspecified atom stereocenters. The lowest BCUT2D eigenvalue weighted by molar-refractivity contribution is 0.262. The van der Waals surface area contributed by atoms with Crippen molar-refractivity contribution >= 4 is 15.9 Å². The first-order valence-electron chi connectivity index (χ1n) is 6.50. The Labute approximate surface area is 128 Å². The van der Waals surface area contributed by atoms with Crippen molar-refractivity contribution in [2.24, 2.45) is 0 Å². The molecule has 0 saturated heterocycles. The first-order valence-corrected chi connectivity index (χ1v) is 7.30. The minimum absolute atomic E-state index is 0.536. The molecule has 0 saturated carbocycles. The molecule has 0 aliphatic rings. The lowest BCUT2D eigenvalue weighted by atomic mass is 10.2. The Balaban J connectivity index is 2.05. The van der Waals surface area contributed by atoms with Crippen molar-refractivity contribution in [1.29, 1.82) is 5.26 Å². The Bertz CT molecular complexity index is 578. The van der Waals surface area contributed by atoms with E-state index in [9.17, 15) is 0 Å². The summed E-state index contributed by atoms with van der Waals surface area (Å²) in [4.78, 5) is 6.41. The summed E-state index contributed by atoms with van der Waals surface area (Å²) in [6.45, 7) is 2.40. The lowest BCUT2D eigenvalue weighted by Crippen LogP contribution is -2.23. The van der Waals surface area contributed by atoms with Crippen LogP contribution in [0.15, 0.2) is 53.3 Å². The summed E-state index contributed by atoms with van der Waals surface area (Å²) in [6, 6.07) is 14.5. The molecule has 102 valence electrons. The van der Waals surface area contributed by atoms with Gasteiger partial charge in [0.1, 0.15) is 0 Å². The highest BCUT2D eigenvalue weighted by atomic mass is 79.9. The topological polar surface area (TPSA) is 39.9 Å². The molecule has 2 aromatic rings. The van der Waals surface area contributed by atoms with Crippen LogP contribution < -0.4 is 0 Å². The molecule has 0 atom stereocenters. The molecule has 0 amide bonds. The first kappa shape index (κ1) is 14.7. The number of nitriles is 1. The molecule has 0 aliphatic heterocycles. The van der Waals surface area contributed by atoms with Crippen molar-refractivity contribution in [2.75, 3.05) is 6.54 Å². The number of aromatic nitrogens is 1. The molecule has 2 rings (SSSR count).